The van der Waals surface area contributed by atoms with Crippen molar-refractivity contribution in [3.8, 4) is 0 Å². The van der Waals surface area contributed by atoms with Gasteiger partial charge in [0.05, 0.1) is 0 Å². The zero-order valence-corrected chi connectivity index (χ0v) is 9.07. The SMILES string of the molecule is CC(CN)Nc1ccc2cccc(F)c2n1. The molecule has 2 aromatic rings. The summed E-state index contributed by atoms with van der Waals surface area (Å²) in [7, 11) is 0. The van der Waals surface area contributed by atoms with Crippen molar-refractivity contribution in [2.45, 2.75) is 13.0 Å². The van der Waals surface area contributed by atoms with Gasteiger partial charge in [-0.1, -0.05) is 12.1 Å². The predicted octanol–water partition coefficient (Wildman–Crippen LogP) is 2.13. The first-order valence-electron chi connectivity index (χ1n) is 5.22. The van der Waals surface area contributed by atoms with Crippen LogP contribution in [-0.2, 0) is 0 Å². The molecule has 0 saturated heterocycles. The summed E-state index contributed by atoms with van der Waals surface area (Å²) < 4.78 is 13.5. The Kier molecular flexibility index (Phi) is 3.01. The normalized spacial score (nSPS) is 12.7. The number of benzene rings is 1. The Hall–Kier alpha value is -1.68. The number of rotatable bonds is 3. The van der Waals surface area contributed by atoms with Crippen LogP contribution in [0, 0.1) is 5.82 Å². The molecule has 0 spiro atoms. The molecule has 0 saturated carbocycles. The van der Waals surface area contributed by atoms with Gasteiger partial charge < -0.3 is 11.1 Å². The number of hydrogen-bond donors (Lipinski definition) is 2. The van der Waals surface area contributed by atoms with Crippen LogP contribution in [-0.4, -0.2) is 17.6 Å². The van der Waals surface area contributed by atoms with Gasteiger partial charge in [0.25, 0.3) is 0 Å². The Bertz CT molecular complexity index is 499. The molecule has 0 aliphatic carbocycles. The molecule has 3 N–H and O–H groups in total. The zero-order valence-electron chi connectivity index (χ0n) is 9.07. The Balaban J connectivity index is 2.39. The summed E-state index contributed by atoms with van der Waals surface area (Å²) in [6, 6.07) is 8.71. The van der Waals surface area contributed by atoms with Crippen LogP contribution in [0.25, 0.3) is 10.9 Å². The summed E-state index contributed by atoms with van der Waals surface area (Å²) in [5.74, 6) is 0.345. The third-order valence-electron chi connectivity index (χ3n) is 2.42. The first-order valence-corrected chi connectivity index (χ1v) is 5.22. The van der Waals surface area contributed by atoms with E-state index < -0.39 is 0 Å². The van der Waals surface area contributed by atoms with Gasteiger partial charge in [-0.05, 0) is 25.1 Å². The topological polar surface area (TPSA) is 50.9 Å². The van der Waals surface area contributed by atoms with Crippen molar-refractivity contribution < 1.29 is 4.39 Å². The lowest BCUT2D eigenvalue weighted by Gasteiger charge is -2.12. The zero-order chi connectivity index (χ0) is 11.5. The van der Waals surface area contributed by atoms with Crippen LogP contribution < -0.4 is 11.1 Å². The number of hydrogen-bond acceptors (Lipinski definition) is 3. The quantitative estimate of drug-likeness (QED) is 0.831. The van der Waals surface area contributed by atoms with Gasteiger partial charge in [-0.25, -0.2) is 9.37 Å². The van der Waals surface area contributed by atoms with E-state index in [0.717, 1.165) is 5.39 Å². The number of nitrogens with one attached hydrogen (secondary N) is 1. The Morgan fingerprint density at radius 3 is 2.94 bits per heavy atom. The molecular weight excluding hydrogens is 205 g/mol. The lowest BCUT2D eigenvalue weighted by atomic mass is 10.2. The van der Waals surface area contributed by atoms with Gasteiger partial charge in [-0.2, -0.15) is 0 Å². The molecule has 1 atom stereocenters. The molecule has 1 aromatic carbocycles. The van der Waals surface area contributed by atoms with E-state index in [9.17, 15) is 4.39 Å². The van der Waals surface area contributed by atoms with Gasteiger partial charge in [-0.15, -0.1) is 0 Å². The van der Waals surface area contributed by atoms with Crippen LogP contribution in [0.1, 0.15) is 6.92 Å². The second kappa shape index (κ2) is 4.45. The van der Waals surface area contributed by atoms with E-state index in [1.807, 2.05) is 25.1 Å². The minimum atomic E-state index is -0.304. The minimum absolute atomic E-state index is 0.122. The number of nitrogens with two attached hydrogens (primary N) is 1. The van der Waals surface area contributed by atoms with E-state index in [4.69, 9.17) is 5.73 Å². The number of nitrogens with zero attached hydrogens (tertiary/aromatic N) is 1. The van der Waals surface area contributed by atoms with E-state index in [2.05, 4.69) is 10.3 Å². The maximum atomic E-state index is 13.5. The molecule has 0 aliphatic heterocycles. The number of aromatic nitrogens is 1. The third-order valence-corrected chi connectivity index (χ3v) is 2.42. The predicted molar refractivity (Wildman–Crippen MR) is 63.8 cm³/mol. The average Bonchev–Trinajstić information content (AvgIpc) is 2.30. The summed E-state index contributed by atoms with van der Waals surface area (Å²) in [5, 5.41) is 3.91. The Morgan fingerprint density at radius 2 is 2.19 bits per heavy atom. The number of halogens is 1. The van der Waals surface area contributed by atoms with Crippen LogP contribution in [0.2, 0.25) is 0 Å². The fourth-order valence-electron chi connectivity index (χ4n) is 1.50. The Morgan fingerprint density at radius 1 is 1.38 bits per heavy atom. The first-order chi connectivity index (χ1) is 7.70. The maximum absolute atomic E-state index is 13.5. The minimum Gasteiger partial charge on any atom is -0.366 e. The van der Waals surface area contributed by atoms with Gasteiger partial charge in [-0.3, -0.25) is 0 Å². The molecule has 1 aromatic heterocycles. The molecule has 0 amide bonds. The molecule has 0 bridgehead atoms. The van der Waals surface area contributed by atoms with E-state index in [1.54, 1.807) is 6.07 Å². The summed E-state index contributed by atoms with van der Waals surface area (Å²) >= 11 is 0. The van der Waals surface area contributed by atoms with Crippen molar-refractivity contribution in [1.82, 2.24) is 4.98 Å². The fraction of sp³-hybridized carbons (Fsp3) is 0.250. The van der Waals surface area contributed by atoms with Crippen molar-refractivity contribution in [1.29, 1.82) is 0 Å². The van der Waals surface area contributed by atoms with Gasteiger partial charge in [0, 0.05) is 18.0 Å². The molecule has 2 rings (SSSR count). The number of fused-ring (bicyclic) bond motifs is 1. The van der Waals surface area contributed by atoms with Gasteiger partial charge in [0.2, 0.25) is 0 Å². The molecule has 1 heterocycles. The highest BCUT2D eigenvalue weighted by Crippen LogP contribution is 2.18. The molecule has 1 unspecified atom stereocenters. The monoisotopic (exact) mass is 219 g/mol. The van der Waals surface area contributed by atoms with Crippen LogP contribution in [0.4, 0.5) is 10.2 Å². The standard InChI is InChI=1S/C12H14FN3/c1-8(7-14)15-11-6-5-9-3-2-4-10(13)12(9)16-11/h2-6,8H,7,14H2,1H3,(H,15,16). The van der Waals surface area contributed by atoms with Crippen LogP contribution >= 0.6 is 0 Å². The van der Waals surface area contributed by atoms with Crippen LogP contribution in [0.3, 0.4) is 0 Å². The van der Waals surface area contributed by atoms with Crippen molar-refractivity contribution in [2.24, 2.45) is 5.73 Å². The van der Waals surface area contributed by atoms with Crippen molar-refractivity contribution in [2.75, 3.05) is 11.9 Å². The van der Waals surface area contributed by atoms with Gasteiger partial charge in [0.1, 0.15) is 17.2 Å². The van der Waals surface area contributed by atoms with Crippen LogP contribution in [0.15, 0.2) is 30.3 Å². The maximum Gasteiger partial charge on any atom is 0.149 e. The second-order valence-corrected chi connectivity index (χ2v) is 3.79. The molecule has 0 fully saturated rings. The summed E-state index contributed by atoms with van der Waals surface area (Å²) in [6.45, 7) is 2.46. The lowest BCUT2D eigenvalue weighted by molar-refractivity contribution is 0.637. The smallest absolute Gasteiger partial charge is 0.149 e. The summed E-state index contributed by atoms with van der Waals surface area (Å²) in [6.07, 6.45) is 0. The van der Waals surface area contributed by atoms with E-state index in [1.165, 1.54) is 6.07 Å². The van der Waals surface area contributed by atoms with E-state index in [0.29, 0.717) is 17.9 Å². The molecule has 4 heteroatoms. The Labute approximate surface area is 93.5 Å². The molecule has 84 valence electrons. The number of pyridine rings is 1. The van der Waals surface area contributed by atoms with Gasteiger partial charge >= 0.3 is 0 Å². The summed E-state index contributed by atoms with van der Waals surface area (Å²) in [5.41, 5.74) is 5.88. The number of para-hydroxylation sites is 1. The third kappa shape index (κ3) is 2.12. The molecule has 3 nitrogen and oxygen atoms in total. The highest BCUT2D eigenvalue weighted by atomic mass is 19.1. The molecule has 16 heavy (non-hydrogen) atoms. The summed E-state index contributed by atoms with van der Waals surface area (Å²) in [4.78, 5) is 4.22. The van der Waals surface area contributed by atoms with E-state index in [-0.39, 0.29) is 11.9 Å². The van der Waals surface area contributed by atoms with Crippen molar-refractivity contribution in [3.05, 3.63) is 36.1 Å². The molecule has 0 aliphatic rings. The lowest BCUT2D eigenvalue weighted by Crippen LogP contribution is -2.25. The highest BCUT2D eigenvalue weighted by Gasteiger charge is 2.04. The van der Waals surface area contributed by atoms with Crippen LogP contribution in [0.5, 0.6) is 0 Å². The fourth-order valence-corrected chi connectivity index (χ4v) is 1.50. The first kappa shape index (κ1) is 10.8. The molecule has 0 radical (unpaired) electrons. The largest absolute Gasteiger partial charge is 0.366 e. The second-order valence-electron chi connectivity index (χ2n) is 3.79. The average molecular weight is 219 g/mol. The highest BCUT2D eigenvalue weighted by molar-refractivity contribution is 5.80. The van der Waals surface area contributed by atoms with E-state index >= 15 is 0 Å². The van der Waals surface area contributed by atoms with Crippen molar-refractivity contribution >= 4 is 16.7 Å². The van der Waals surface area contributed by atoms with Gasteiger partial charge in [0.15, 0.2) is 0 Å². The number of anilines is 1. The van der Waals surface area contributed by atoms with Crippen molar-refractivity contribution in [3.63, 3.8) is 0 Å². The molecular formula is C12H14FN3.